The van der Waals surface area contributed by atoms with Gasteiger partial charge in [-0.15, -0.1) is 0 Å². The van der Waals surface area contributed by atoms with Crippen molar-refractivity contribution in [1.82, 2.24) is 10.0 Å². The van der Waals surface area contributed by atoms with E-state index in [-0.39, 0.29) is 16.5 Å². The van der Waals surface area contributed by atoms with E-state index in [4.69, 9.17) is 0 Å². The second kappa shape index (κ2) is 10.8. The fraction of sp³-hybridized carbons (Fsp3) is 0.208. The molecule has 0 aliphatic carbocycles. The summed E-state index contributed by atoms with van der Waals surface area (Å²) in [4.78, 5) is 22.5. The van der Waals surface area contributed by atoms with Crippen molar-refractivity contribution in [2.24, 2.45) is 0 Å². The van der Waals surface area contributed by atoms with Crippen LogP contribution in [0.1, 0.15) is 30.4 Å². The third kappa shape index (κ3) is 6.47. The summed E-state index contributed by atoms with van der Waals surface area (Å²) in [7, 11) is -4.01. The lowest BCUT2D eigenvalue weighted by Gasteiger charge is -2.19. The Hall–Kier alpha value is -3.56. The standard InChI is InChI=1S/C24H25N3O5S/c1-18(26-33(31,32)22-14-12-21(13-15-22)27(29)30)24(28)25-17-16-23(19-8-4-2-5-9-19)20-10-6-3-7-11-20/h2-15,18,23,26H,16-17H2,1H3,(H,25,28). The molecule has 8 nitrogen and oxygen atoms in total. The minimum atomic E-state index is -4.01. The topological polar surface area (TPSA) is 118 Å². The fourth-order valence-electron chi connectivity index (χ4n) is 3.49. The summed E-state index contributed by atoms with van der Waals surface area (Å²) in [6, 6.07) is 23.4. The van der Waals surface area contributed by atoms with Gasteiger partial charge in [-0.05, 0) is 36.6 Å². The zero-order valence-corrected chi connectivity index (χ0v) is 18.9. The zero-order valence-electron chi connectivity index (χ0n) is 18.0. The number of nitro groups is 1. The average molecular weight is 468 g/mol. The van der Waals surface area contributed by atoms with Crippen molar-refractivity contribution < 1.29 is 18.1 Å². The van der Waals surface area contributed by atoms with E-state index >= 15 is 0 Å². The molecule has 0 radical (unpaired) electrons. The molecule has 0 heterocycles. The Kier molecular flexibility index (Phi) is 7.92. The first kappa shape index (κ1) is 24.1. The number of carbonyl (C=O) groups excluding carboxylic acids is 1. The first-order valence-electron chi connectivity index (χ1n) is 10.4. The predicted molar refractivity (Wildman–Crippen MR) is 125 cm³/mol. The number of sulfonamides is 1. The number of hydrogen-bond acceptors (Lipinski definition) is 5. The molecule has 0 bridgehead atoms. The molecule has 1 unspecified atom stereocenters. The lowest BCUT2D eigenvalue weighted by molar-refractivity contribution is -0.384. The van der Waals surface area contributed by atoms with Crippen molar-refractivity contribution in [3.05, 3.63) is 106 Å². The summed E-state index contributed by atoms with van der Waals surface area (Å²) in [5, 5.41) is 13.5. The lowest BCUT2D eigenvalue weighted by atomic mass is 9.88. The summed E-state index contributed by atoms with van der Waals surface area (Å²) in [5.41, 5.74) is 2.04. The van der Waals surface area contributed by atoms with Gasteiger partial charge in [-0.25, -0.2) is 8.42 Å². The summed E-state index contributed by atoms with van der Waals surface area (Å²) in [6.45, 7) is 1.81. The van der Waals surface area contributed by atoms with Crippen molar-refractivity contribution in [2.45, 2.75) is 30.2 Å². The van der Waals surface area contributed by atoms with Crippen LogP contribution >= 0.6 is 0 Å². The van der Waals surface area contributed by atoms with Crippen LogP contribution in [0.15, 0.2) is 89.8 Å². The molecule has 2 N–H and O–H groups in total. The van der Waals surface area contributed by atoms with Gasteiger partial charge in [0, 0.05) is 24.6 Å². The number of hydrogen-bond donors (Lipinski definition) is 2. The van der Waals surface area contributed by atoms with Gasteiger partial charge in [0.05, 0.1) is 15.9 Å². The molecule has 3 rings (SSSR count). The highest BCUT2D eigenvalue weighted by molar-refractivity contribution is 7.89. The number of nitrogens with zero attached hydrogens (tertiary/aromatic N) is 1. The van der Waals surface area contributed by atoms with Crippen LogP contribution in [0, 0.1) is 10.1 Å². The summed E-state index contributed by atoms with van der Waals surface area (Å²) in [6.07, 6.45) is 0.640. The van der Waals surface area contributed by atoms with Gasteiger partial charge in [-0.1, -0.05) is 60.7 Å². The van der Waals surface area contributed by atoms with E-state index in [9.17, 15) is 23.3 Å². The van der Waals surface area contributed by atoms with Crippen LogP contribution in [0.2, 0.25) is 0 Å². The fourth-order valence-corrected chi connectivity index (χ4v) is 4.69. The summed E-state index contributed by atoms with van der Waals surface area (Å²) >= 11 is 0. The average Bonchev–Trinajstić information content (AvgIpc) is 2.82. The van der Waals surface area contributed by atoms with Gasteiger partial charge < -0.3 is 5.32 Å². The van der Waals surface area contributed by atoms with Crippen molar-refractivity contribution in [3.8, 4) is 0 Å². The maximum Gasteiger partial charge on any atom is 0.269 e. The second-order valence-electron chi connectivity index (χ2n) is 7.55. The van der Waals surface area contributed by atoms with Crippen LogP contribution < -0.4 is 10.0 Å². The smallest absolute Gasteiger partial charge is 0.269 e. The number of nitrogens with one attached hydrogen (secondary N) is 2. The van der Waals surface area contributed by atoms with Crippen LogP contribution in [-0.2, 0) is 14.8 Å². The molecule has 172 valence electrons. The molecule has 33 heavy (non-hydrogen) atoms. The number of rotatable bonds is 10. The largest absolute Gasteiger partial charge is 0.355 e. The molecule has 1 amide bonds. The van der Waals surface area contributed by atoms with E-state index in [0.29, 0.717) is 13.0 Å². The zero-order chi connectivity index (χ0) is 23.8. The van der Waals surface area contributed by atoms with Gasteiger partial charge in [0.2, 0.25) is 15.9 Å². The normalized spacial score (nSPS) is 12.3. The molecule has 0 saturated heterocycles. The van der Waals surface area contributed by atoms with Crippen molar-refractivity contribution in [2.75, 3.05) is 6.54 Å². The van der Waals surface area contributed by atoms with E-state index in [0.717, 1.165) is 35.4 Å². The molecule has 1 atom stereocenters. The molecule has 0 aliphatic heterocycles. The van der Waals surface area contributed by atoms with E-state index in [2.05, 4.69) is 10.0 Å². The highest BCUT2D eigenvalue weighted by Gasteiger charge is 2.23. The maximum atomic E-state index is 12.5. The molecule has 0 saturated carbocycles. The van der Waals surface area contributed by atoms with Gasteiger partial charge in [0.1, 0.15) is 0 Å². The minimum absolute atomic E-state index is 0.0832. The Bertz CT molecular complexity index is 1140. The van der Waals surface area contributed by atoms with Crippen LogP contribution in [0.25, 0.3) is 0 Å². The number of nitro benzene ring substituents is 1. The number of non-ortho nitro benzene ring substituents is 1. The molecule has 0 spiro atoms. The molecule has 0 aliphatic rings. The maximum absolute atomic E-state index is 12.5. The van der Waals surface area contributed by atoms with Gasteiger partial charge in [0.25, 0.3) is 5.69 Å². The predicted octanol–water partition coefficient (Wildman–Crippen LogP) is 3.60. The lowest BCUT2D eigenvalue weighted by Crippen LogP contribution is -2.45. The first-order valence-corrected chi connectivity index (χ1v) is 11.9. The van der Waals surface area contributed by atoms with Crippen molar-refractivity contribution in [1.29, 1.82) is 0 Å². The highest BCUT2D eigenvalue weighted by Crippen LogP contribution is 2.27. The third-order valence-electron chi connectivity index (χ3n) is 5.22. The van der Waals surface area contributed by atoms with Gasteiger partial charge >= 0.3 is 0 Å². The Labute approximate surface area is 192 Å². The summed E-state index contributed by atoms with van der Waals surface area (Å²) < 4.78 is 27.4. The first-order chi connectivity index (χ1) is 15.8. The Balaban J connectivity index is 1.60. The Morgan fingerprint density at radius 2 is 1.42 bits per heavy atom. The molecule has 3 aromatic carbocycles. The van der Waals surface area contributed by atoms with Crippen molar-refractivity contribution in [3.63, 3.8) is 0 Å². The number of amides is 1. The van der Waals surface area contributed by atoms with Crippen LogP contribution in [0.4, 0.5) is 5.69 Å². The van der Waals surface area contributed by atoms with Crippen LogP contribution in [0.3, 0.4) is 0 Å². The monoisotopic (exact) mass is 467 g/mol. The van der Waals surface area contributed by atoms with E-state index in [1.54, 1.807) is 0 Å². The molecule has 9 heteroatoms. The number of benzene rings is 3. The van der Waals surface area contributed by atoms with E-state index in [1.807, 2.05) is 60.7 Å². The highest BCUT2D eigenvalue weighted by atomic mass is 32.2. The third-order valence-corrected chi connectivity index (χ3v) is 6.78. The van der Waals surface area contributed by atoms with E-state index < -0.39 is 26.9 Å². The molecule has 0 fully saturated rings. The summed E-state index contributed by atoms with van der Waals surface area (Å²) in [5.74, 6) is -0.375. The second-order valence-corrected chi connectivity index (χ2v) is 9.26. The Morgan fingerprint density at radius 3 is 1.91 bits per heavy atom. The van der Waals surface area contributed by atoms with E-state index in [1.165, 1.54) is 6.92 Å². The van der Waals surface area contributed by atoms with Crippen LogP contribution in [-0.4, -0.2) is 31.8 Å². The van der Waals surface area contributed by atoms with Gasteiger partial charge in [0.15, 0.2) is 0 Å². The van der Waals surface area contributed by atoms with Crippen LogP contribution in [0.5, 0.6) is 0 Å². The number of carbonyl (C=O) groups is 1. The SMILES string of the molecule is CC(NS(=O)(=O)c1ccc([N+](=O)[O-])cc1)C(=O)NCCC(c1ccccc1)c1ccccc1. The van der Waals surface area contributed by atoms with Gasteiger partial charge in [-0.3, -0.25) is 14.9 Å². The molecule has 3 aromatic rings. The minimum Gasteiger partial charge on any atom is -0.355 e. The molecule has 0 aromatic heterocycles. The van der Waals surface area contributed by atoms with Gasteiger partial charge in [-0.2, -0.15) is 4.72 Å². The quantitative estimate of drug-likeness (QED) is 0.349. The molecular weight excluding hydrogens is 442 g/mol. The molecular formula is C24H25N3O5S. The Morgan fingerprint density at radius 1 is 0.909 bits per heavy atom. The van der Waals surface area contributed by atoms with Crippen molar-refractivity contribution >= 4 is 21.6 Å².